The van der Waals surface area contributed by atoms with Crippen LogP contribution in [-0.4, -0.2) is 31.2 Å². The molecular weight excluding hydrogens is 146 g/mol. The molecule has 1 heteroatoms. The lowest BCUT2D eigenvalue weighted by molar-refractivity contribution is -0.916. The van der Waals surface area contributed by atoms with Crippen LogP contribution in [0.5, 0.6) is 0 Å². The first-order valence-corrected chi connectivity index (χ1v) is 5.31. The molecule has 0 spiro atoms. The number of quaternary nitrogens is 1. The van der Waals surface area contributed by atoms with Crippen molar-refractivity contribution in [1.29, 1.82) is 0 Å². The zero-order valence-corrected chi connectivity index (χ0v) is 9.19. The molecule has 1 rings (SSSR count). The number of hydrogen-bond acceptors (Lipinski definition) is 0. The summed E-state index contributed by atoms with van der Waals surface area (Å²) in [7, 11) is 2.42. The molecule has 0 aromatic heterocycles. The second kappa shape index (κ2) is 3.37. The van der Waals surface area contributed by atoms with Crippen LogP contribution in [0, 0.1) is 5.41 Å². The van der Waals surface area contributed by atoms with E-state index in [4.69, 9.17) is 0 Å². The minimum Gasteiger partial charge on any atom is -0.326 e. The van der Waals surface area contributed by atoms with Crippen LogP contribution in [0.4, 0.5) is 0 Å². The summed E-state index contributed by atoms with van der Waals surface area (Å²) in [5.74, 6) is 0. The van der Waals surface area contributed by atoms with Crippen LogP contribution in [0.1, 0.15) is 40.0 Å². The largest absolute Gasteiger partial charge is 0.326 e. The molecule has 1 nitrogen and oxygen atoms in total. The Balaban J connectivity index is 2.44. The van der Waals surface area contributed by atoms with E-state index in [1.165, 1.54) is 43.4 Å². The van der Waals surface area contributed by atoms with E-state index >= 15 is 0 Å². The van der Waals surface area contributed by atoms with E-state index in [2.05, 4.69) is 27.8 Å². The molecule has 72 valence electrons. The van der Waals surface area contributed by atoms with Gasteiger partial charge in [-0.25, -0.2) is 0 Å². The molecule has 0 amide bonds. The van der Waals surface area contributed by atoms with E-state index in [0.29, 0.717) is 5.41 Å². The average molecular weight is 170 g/mol. The maximum atomic E-state index is 2.42. The molecule has 0 saturated carbocycles. The van der Waals surface area contributed by atoms with Gasteiger partial charge in [0.1, 0.15) is 0 Å². The van der Waals surface area contributed by atoms with Gasteiger partial charge in [0.25, 0.3) is 0 Å². The van der Waals surface area contributed by atoms with Crippen LogP contribution >= 0.6 is 0 Å². The van der Waals surface area contributed by atoms with Gasteiger partial charge in [-0.2, -0.15) is 0 Å². The molecule has 0 aromatic carbocycles. The van der Waals surface area contributed by atoms with Gasteiger partial charge in [-0.05, 0) is 11.8 Å². The third-order valence-corrected chi connectivity index (χ3v) is 3.42. The van der Waals surface area contributed by atoms with Crippen molar-refractivity contribution in [3.05, 3.63) is 0 Å². The van der Waals surface area contributed by atoms with Crippen molar-refractivity contribution in [2.75, 3.05) is 26.7 Å². The van der Waals surface area contributed by atoms with Crippen LogP contribution in [0.15, 0.2) is 0 Å². The van der Waals surface area contributed by atoms with Crippen molar-refractivity contribution < 1.29 is 4.48 Å². The second-order valence-corrected chi connectivity index (χ2v) is 5.45. The Labute approximate surface area is 77.4 Å². The molecule has 1 fully saturated rings. The molecule has 1 heterocycles. The van der Waals surface area contributed by atoms with E-state index in [1.807, 2.05) is 0 Å². The standard InChI is InChI=1S/C11H24N/c1-5-8-12(4)9-6-11(2,3)7-10-12/h5-10H2,1-4H3/q+1. The van der Waals surface area contributed by atoms with Crippen molar-refractivity contribution >= 4 is 0 Å². The van der Waals surface area contributed by atoms with Gasteiger partial charge in [0.15, 0.2) is 0 Å². The highest BCUT2D eigenvalue weighted by Gasteiger charge is 2.33. The van der Waals surface area contributed by atoms with Gasteiger partial charge >= 0.3 is 0 Å². The summed E-state index contributed by atoms with van der Waals surface area (Å²) >= 11 is 0. The highest BCUT2D eigenvalue weighted by Crippen LogP contribution is 2.32. The Morgan fingerprint density at radius 2 is 1.67 bits per heavy atom. The van der Waals surface area contributed by atoms with Gasteiger partial charge in [0.2, 0.25) is 0 Å². The van der Waals surface area contributed by atoms with E-state index in [1.54, 1.807) is 0 Å². The number of nitrogens with zero attached hydrogens (tertiary/aromatic N) is 1. The summed E-state index contributed by atoms with van der Waals surface area (Å²) in [5, 5.41) is 0. The average Bonchev–Trinajstić information content (AvgIpc) is 1.98. The lowest BCUT2D eigenvalue weighted by atomic mass is 9.82. The molecule has 0 unspecified atom stereocenters. The molecule has 0 aliphatic carbocycles. The summed E-state index contributed by atoms with van der Waals surface area (Å²) in [6, 6.07) is 0. The second-order valence-electron chi connectivity index (χ2n) is 5.45. The highest BCUT2D eigenvalue weighted by molar-refractivity contribution is 4.72. The molecular formula is C11H24N+. The van der Waals surface area contributed by atoms with Gasteiger partial charge in [-0.3, -0.25) is 0 Å². The fourth-order valence-corrected chi connectivity index (χ4v) is 2.15. The molecule has 0 aromatic rings. The van der Waals surface area contributed by atoms with Gasteiger partial charge < -0.3 is 4.48 Å². The maximum Gasteiger partial charge on any atom is 0.0789 e. The fraction of sp³-hybridized carbons (Fsp3) is 1.00. The zero-order valence-electron chi connectivity index (χ0n) is 9.19. The molecule has 1 aliphatic heterocycles. The van der Waals surface area contributed by atoms with Crippen molar-refractivity contribution in [1.82, 2.24) is 0 Å². The predicted molar refractivity (Wildman–Crippen MR) is 54.1 cm³/mol. The first kappa shape index (κ1) is 10.0. The van der Waals surface area contributed by atoms with Gasteiger partial charge in [0.05, 0.1) is 26.7 Å². The van der Waals surface area contributed by atoms with Crippen molar-refractivity contribution in [3.63, 3.8) is 0 Å². The Hall–Kier alpha value is -0.0400. The molecule has 0 bridgehead atoms. The van der Waals surface area contributed by atoms with Crippen LogP contribution < -0.4 is 0 Å². The summed E-state index contributed by atoms with van der Waals surface area (Å²) in [5.41, 5.74) is 0.617. The topological polar surface area (TPSA) is 0 Å². The molecule has 1 aliphatic rings. The van der Waals surface area contributed by atoms with Crippen molar-refractivity contribution in [3.8, 4) is 0 Å². The number of rotatable bonds is 2. The predicted octanol–water partition coefficient (Wildman–Crippen LogP) is 2.66. The van der Waals surface area contributed by atoms with Crippen LogP contribution in [0.25, 0.3) is 0 Å². The fourth-order valence-electron chi connectivity index (χ4n) is 2.15. The van der Waals surface area contributed by atoms with Crippen LogP contribution in [0.2, 0.25) is 0 Å². The molecule has 0 N–H and O–H groups in total. The van der Waals surface area contributed by atoms with Crippen molar-refractivity contribution in [2.24, 2.45) is 5.41 Å². The minimum atomic E-state index is 0.617. The van der Waals surface area contributed by atoms with Crippen LogP contribution in [-0.2, 0) is 0 Å². The maximum absolute atomic E-state index is 2.42. The Kier molecular flexibility index (Phi) is 2.82. The van der Waals surface area contributed by atoms with Crippen LogP contribution in [0.3, 0.4) is 0 Å². The third kappa shape index (κ3) is 2.48. The summed E-state index contributed by atoms with van der Waals surface area (Å²) in [6.07, 6.45) is 4.14. The van der Waals surface area contributed by atoms with E-state index in [9.17, 15) is 0 Å². The number of piperidine rings is 1. The van der Waals surface area contributed by atoms with E-state index in [-0.39, 0.29) is 0 Å². The van der Waals surface area contributed by atoms with Crippen molar-refractivity contribution in [2.45, 2.75) is 40.0 Å². The first-order valence-electron chi connectivity index (χ1n) is 5.31. The zero-order chi connectivity index (χ0) is 9.24. The van der Waals surface area contributed by atoms with E-state index in [0.717, 1.165) is 0 Å². The molecule has 0 radical (unpaired) electrons. The Morgan fingerprint density at radius 1 is 1.17 bits per heavy atom. The first-order chi connectivity index (χ1) is 5.47. The highest BCUT2D eigenvalue weighted by atomic mass is 15.3. The smallest absolute Gasteiger partial charge is 0.0789 e. The lowest BCUT2D eigenvalue weighted by Gasteiger charge is -2.43. The number of likely N-dealkylation sites (tertiary alicyclic amines) is 1. The van der Waals surface area contributed by atoms with E-state index < -0.39 is 0 Å². The Bertz CT molecular complexity index is 139. The number of hydrogen-bond donors (Lipinski definition) is 0. The molecule has 1 saturated heterocycles. The minimum absolute atomic E-state index is 0.617. The van der Waals surface area contributed by atoms with Gasteiger partial charge in [-0.1, -0.05) is 20.8 Å². The van der Waals surface area contributed by atoms with Gasteiger partial charge in [-0.15, -0.1) is 0 Å². The SMILES string of the molecule is CCC[N+]1(C)CCC(C)(C)CC1. The quantitative estimate of drug-likeness (QED) is 0.559. The lowest BCUT2D eigenvalue weighted by Crippen LogP contribution is -2.51. The summed E-state index contributed by atoms with van der Waals surface area (Å²) < 4.78 is 1.32. The molecule has 12 heavy (non-hydrogen) atoms. The normalized spacial score (nSPS) is 27.0. The summed E-state index contributed by atoms with van der Waals surface area (Å²) in [4.78, 5) is 0. The third-order valence-electron chi connectivity index (χ3n) is 3.42. The monoisotopic (exact) mass is 170 g/mol. The Morgan fingerprint density at radius 3 is 2.08 bits per heavy atom. The molecule has 0 atom stereocenters. The summed E-state index contributed by atoms with van der Waals surface area (Å²) in [6.45, 7) is 11.3. The van der Waals surface area contributed by atoms with Gasteiger partial charge in [0, 0.05) is 12.8 Å².